The van der Waals surface area contributed by atoms with E-state index in [0.717, 1.165) is 36.3 Å². The van der Waals surface area contributed by atoms with Crippen molar-refractivity contribution in [3.05, 3.63) is 101 Å². The van der Waals surface area contributed by atoms with E-state index in [0.29, 0.717) is 23.5 Å². The van der Waals surface area contributed by atoms with Gasteiger partial charge in [-0.15, -0.1) is 0 Å². The maximum absolute atomic E-state index is 12.9. The van der Waals surface area contributed by atoms with Crippen LogP contribution in [0.3, 0.4) is 0 Å². The second-order valence-corrected chi connectivity index (χ2v) is 8.72. The molecule has 3 aromatic carbocycles. The Morgan fingerprint density at radius 3 is 2.63 bits per heavy atom. The minimum atomic E-state index is -0.192. The van der Waals surface area contributed by atoms with Crippen LogP contribution in [0.5, 0.6) is 0 Å². The number of aromatic amines is 1. The van der Waals surface area contributed by atoms with Gasteiger partial charge in [0.2, 0.25) is 0 Å². The minimum Gasteiger partial charge on any atom is -0.348 e. The molecule has 0 radical (unpaired) electrons. The predicted octanol–water partition coefficient (Wildman–Crippen LogP) is 3.64. The Bertz CT molecular complexity index is 1350. The van der Waals surface area contributed by atoms with Crippen molar-refractivity contribution in [3.8, 4) is 11.4 Å². The molecule has 176 valence electrons. The molecule has 1 aliphatic heterocycles. The fraction of sp³-hybridized carbons (Fsp3) is 0.185. The van der Waals surface area contributed by atoms with Gasteiger partial charge in [-0.25, -0.2) is 4.98 Å². The third-order valence-electron chi connectivity index (χ3n) is 6.15. The number of aromatic nitrogens is 3. The van der Waals surface area contributed by atoms with Crippen LogP contribution in [-0.4, -0.2) is 45.5 Å². The fourth-order valence-corrected chi connectivity index (χ4v) is 4.21. The lowest BCUT2D eigenvalue weighted by atomic mass is 9.99. The van der Waals surface area contributed by atoms with Gasteiger partial charge >= 0.3 is 0 Å². The van der Waals surface area contributed by atoms with Crippen molar-refractivity contribution >= 4 is 17.5 Å². The first kappa shape index (κ1) is 22.5. The summed E-state index contributed by atoms with van der Waals surface area (Å²) >= 11 is 0. The molecule has 3 N–H and O–H groups in total. The summed E-state index contributed by atoms with van der Waals surface area (Å²) in [5.41, 5.74) is 6.16. The van der Waals surface area contributed by atoms with Crippen molar-refractivity contribution < 1.29 is 9.59 Å². The van der Waals surface area contributed by atoms with Crippen LogP contribution in [0.4, 0.5) is 5.69 Å². The molecule has 2 amide bonds. The molecule has 0 aliphatic carbocycles. The highest BCUT2D eigenvalue weighted by Crippen LogP contribution is 2.22. The molecule has 35 heavy (non-hydrogen) atoms. The van der Waals surface area contributed by atoms with Gasteiger partial charge in [-0.2, -0.15) is 5.10 Å². The number of hydrogen-bond acceptors (Lipinski definition) is 5. The number of carbonyl (C=O) groups is 2. The van der Waals surface area contributed by atoms with E-state index in [9.17, 15) is 9.59 Å². The average Bonchev–Trinajstić information content (AvgIpc) is 3.42. The number of nitrogens with zero attached hydrogens (tertiary/aromatic N) is 3. The van der Waals surface area contributed by atoms with E-state index in [1.54, 1.807) is 24.3 Å². The van der Waals surface area contributed by atoms with Crippen molar-refractivity contribution in [2.45, 2.75) is 19.5 Å². The van der Waals surface area contributed by atoms with Crippen molar-refractivity contribution in [1.29, 1.82) is 0 Å². The van der Waals surface area contributed by atoms with E-state index in [-0.39, 0.29) is 11.8 Å². The second kappa shape index (κ2) is 9.90. The molecule has 1 aliphatic rings. The van der Waals surface area contributed by atoms with Crippen molar-refractivity contribution in [2.75, 3.05) is 18.9 Å². The number of nitrogens with one attached hydrogen (secondary N) is 3. The summed E-state index contributed by atoms with van der Waals surface area (Å²) in [4.78, 5) is 31.8. The highest BCUT2D eigenvalue weighted by Gasteiger charge is 2.15. The maximum Gasteiger partial charge on any atom is 0.255 e. The summed E-state index contributed by atoms with van der Waals surface area (Å²) in [5.74, 6) is 0.281. The van der Waals surface area contributed by atoms with E-state index in [2.05, 4.69) is 49.9 Å². The number of hydrogen-bond donors (Lipinski definition) is 3. The highest BCUT2D eigenvalue weighted by molar-refractivity contribution is 6.04. The van der Waals surface area contributed by atoms with Gasteiger partial charge in [-0.05, 0) is 66.6 Å². The lowest BCUT2D eigenvalue weighted by Gasteiger charge is -2.25. The number of H-pyrrole nitrogens is 1. The molecular formula is C27H26N6O2. The second-order valence-electron chi connectivity index (χ2n) is 8.72. The van der Waals surface area contributed by atoms with Gasteiger partial charge in [-0.1, -0.05) is 30.3 Å². The molecular weight excluding hydrogens is 440 g/mol. The van der Waals surface area contributed by atoms with E-state index >= 15 is 0 Å². The Morgan fingerprint density at radius 1 is 0.971 bits per heavy atom. The first-order valence-corrected chi connectivity index (χ1v) is 11.5. The number of carbonyl (C=O) groups excluding carboxylic acids is 2. The van der Waals surface area contributed by atoms with Crippen LogP contribution in [0.15, 0.2) is 73.1 Å². The molecule has 0 fully saturated rings. The van der Waals surface area contributed by atoms with Crippen LogP contribution < -0.4 is 10.6 Å². The summed E-state index contributed by atoms with van der Waals surface area (Å²) in [6.07, 6.45) is 2.47. The lowest BCUT2D eigenvalue weighted by molar-refractivity contribution is 0.0950. The Morgan fingerprint density at radius 2 is 1.83 bits per heavy atom. The molecule has 2 heterocycles. The standard InChI is InChI=1S/C27H26N6O2/c1-33-12-11-19-9-10-24(14-23(19)16-33)31-27(35)22-4-2-3-18(13-22)15-28-26(34)21-7-5-20(6-8-21)25-29-17-30-32-25/h2-10,13-14,17H,11-12,15-16H2,1H3,(H,28,34)(H,31,35)(H,29,30,32). The van der Waals surface area contributed by atoms with Gasteiger partial charge in [0, 0.05) is 42.0 Å². The number of fused-ring (bicyclic) bond motifs is 1. The molecule has 8 nitrogen and oxygen atoms in total. The van der Waals surface area contributed by atoms with Crippen LogP contribution in [0.1, 0.15) is 37.4 Å². The zero-order chi connectivity index (χ0) is 24.2. The van der Waals surface area contributed by atoms with Crippen molar-refractivity contribution in [2.24, 2.45) is 0 Å². The van der Waals surface area contributed by atoms with Gasteiger partial charge in [0.15, 0.2) is 5.82 Å². The van der Waals surface area contributed by atoms with Crippen LogP contribution in [-0.2, 0) is 19.5 Å². The van der Waals surface area contributed by atoms with E-state index in [1.807, 2.05) is 30.3 Å². The quantitative estimate of drug-likeness (QED) is 0.403. The summed E-state index contributed by atoms with van der Waals surface area (Å²) in [6.45, 7) is 2.25. The molecule has 1 aromatic heterocycles. The predicted molar refractivity (Wildman–Crippen MR) is 134 cm³/mol. The fourth-order valence-electron chi connectivity index (χ4n) is 4.21. The first-order valence-electron chi connectivity index (χ1n) is 11.5. The monoisotopic (exact) mass is 466 g/mol. The van der Waals surface area contributed by atoms with Gasteiger partial charge in [0.05, 0.1) is 0 Å². The first-order chi connectivity index (χ1) is 17.0. The van der Waals surface area contributed by atoms with Crippen LogP contribution in [0, 0.1) is 0 Å². The topological polar surface area (TPSA) is 103 Å². The number of benzene rings is 3. The van der Waals surface area contributed by atoms with Gasteiger partial charge in [-0.3, -0.25) is 14.7 Å². The van der Waals surface area contributed by atoms with Gasteiger partial charge in [0.1, 0.15) is 6.33 Å². The summed E-state index contributed by atoms with van der Waals surface area (Å²) in [7, 11) is 2.10. The Balaban J connectivity index is 1.20. The zero-order valence-electron chi connectivity index (χ0n) is 19.4. The molecule has 4 aromatic rings. The number of amides is 2. The minimum absolute atomic E-state index is 0.176. The van der Waals surface area contributed by atoms with Crippen LogP contribution in [0.2, 0.25) is 0 Å². The molecule has 0 bridgehead atoms. The third-order valence-corrected chi connectivity index (χ3v) is 6.15. The Labute approximate surface area is 203 Å². The van der Waals surface area contributed by atoms with Gasteiger partial charge < -0.3 is 15.5 Å². The maximum atomic E-state index is 12.9. The lowest BCUT2D eigenvalue weighted by Crippen LogP contribution is -2.26. The number of rotatable bonds is 6. The molecule has 5 rings (SSSR count). The number of likely N-dealkylation sites (N-methyl/N-ethyl adjacent to an activating group) is 1. The zero-order valence-corrected chi connectivity index (χ0v) is 19.4. The summed E-state index contributed by atoms with van der Waals surface area (Å²) in [5, 5.41) is 12.5. The van der Waals surface area contributed by atoms with Crippen molar-refractivity contribution in [3.63, 3.8) is 0 Å². The van der Waals surface area contributed by atoms with Gasteiger partial charge in [0.25, 0.3) is 11.8 Å². The molecule has 0 spiro atoms. The molecule has 8 heteroatoms. The third kappa shape index (κ3) is 5.28. The smallest absolute Gasteiger partial charge is 0.255 e. The number of anilines is 1. The molecule has 0 atom stereocenters. The molecule has 0 unspecified atom stereocenters. The Kier molecular flexibility index (Phi) is 6.36. The summed E-state index contributed by atoms with van der Waals surface area (Å²) in [6, 6.07) is 20.5. The average molecular weight is 467 g/mol. The van der Waals surface area contributed by atoms with Crippen LogP contribution >= 0.6 is 0 Å². The SMILES string of the molecule is CN1CCc2ccc(NC(=O)c3cccc(CNC(=O)c4ccc(-c5ncn[nH]5)cc4)c3)cc2C1. The van der Waals surface area contributed by atoms with E-state index in [4.69, 9.17) is 0 Å². The largest absolute Gasteiger partial charge is 0.348 e. The van der Waals surface area contributed by atoms with Crippen LogP contribution in [0.25, 0.3) is 11.4 Å². The highest BCUT2D eigenvalue weighted by atomic mass is 16.2. The van der Waals surface area contributed by atoms with Crippen molar-refractivity contribution in [1.82, 2.24) is 25.4 Å². The normalized spacial score (nSPS) is 13.2. The molecule has 0 saturated carbocycles. The van der Waals surface area contributed by atoms with E-state index < -0.39 is 0 Å². The van der Waals surface area contributed by atoms with E-state index in [1.165, 1.54) is 17.5 Å². The Hall–Kier alpha value is -4.30. The molecule has 0 saturated heterocycles. The summed E-state index contributed by atoms with van der Waals surface area (Å²) < 4.78 is 0.